The number of oxazole rings is 1. The second-order valence-electron chi connectivity index (χ2n) is 5.60. The van der Waals surface area contributed by atoms with E-state index in [1.54, 1.807) is 18.2 Å². The van der Waals surface area contributed by atoms with Gasteiger partial charge in [0.15, 0.2) is 5.58 Å². The zero-order valence-corrected chi connectivity index (χ0v) is 14.6. The number of aromatic nitrogens is 1. The highest BCUT2D eigenvalue weighted by molar-refractivity contribution is 6.35. The van der Waals surface area contributed by atoms with Crippen molar-refractivity contribution in [3.8, 4) is 11.1 Å². The van der Waals surface area contributed by atoms with Crippen molar-refractivity contribution < 1.29 is 4.42 Å². The minimum atomic E-state index is 0.534. The number of hydrogen-bond donors (Lipinski definition) is 0. The van der Waals surface area contributed by atoms with Crippen molar-refractivity contribution in [3.05, 3.63) is 88.2 Å². The lowest BCUT2D eigenvalue weighted by molar-refractivity contribution is 0.590. The lowest BCUT2D eigenvalue weighted by Gasteiger charge is -1.99. The van der Waals surface area contributed by atoms with Crippen molar-refractivity contribution in [2.24, 2.45) is 0 Å². The third-order valence-corrected chi connectivity index (χ3v) is 4.44. The number of nitrogens with zero attached hydrogens (tertiary/aromatic N) is 1. The summed E-state index contributed by atoms with van der Waals surface area (Å²) in [5, 5.41) is 1.20. The van der Waals surface area contributed by atoms with E-state index in [1.807, 2.05) is 48.5 Å². The molecule has 4 heteroatoms. The third kappa shape index (κ3) is 3.46. The van der Waals surface area contributed by atoms with E-state index in [1.165, 1.54) is 0 Å². The van der Waals surface area contributed by atoms with Crippen LogP contribution in [0.2, 0.25) is 10.0 Å². The minimum Gasteiger partial charge on any atom is -0.437 e. The lowest BCUT2D eigenvalue weighted by Crippen LogP contribution is -1.77. The van der Waals surface area contributed by atoms with Gasteiger partial charge in [0.2, 0.25) is 5.89 Å². The van der Waals surface area contributed by atoms with E-state index in [0.29, 0.717) is 15.9 Å². The van der Waals surface area contributed by atoms with Crippen LogP contribution in [-0.4, -0.2) is 4.98 Å². The normalized spacial score (nSPS) is 11.4. The fourth-order valence-corrected chi connectivity index (χ4v) is 3.10. The van der Waals surface area contributed by atoms with E-state index in [2.05, 4.69) is 17.1 Å². The molecular weight excluding hydrogens is 353 g/mol. The van der Waals surface area contributed by atoms with E-state index in [9.17, 15) is 0 Å². The van der Waals surface area contributed by atoms with Crippen LogP contribution >= 0.6 is 23.2 Å². The van der Waals surface area contributed by atoms with E-state index in [-0.39, 0.29) is 0 Å². The van der Waals surface area contributed by atoms with Gasteiger partial charge in [0.1, 0.15) is 5.52 Å². The van der Waals surface area contributed by atoms with Gasteiger partial charge in [-0.3, -0.25) is 0 Å². The molecule has 0 unspecified atom stereocenters. The highest BCUT2D eigenvalue weighted by Crippen LogP contribution is 2.26. The molecule has 0 bridgehead atoms. The van der Waals surface area contributed by atoms with Gasteiger partial charge in [-0.2, -0.15) is 0 Å². The number of rotatable bonds is 3. The summed E-state index contributed by atoms with van der Waals surface area (Å²) in [5.74, 6) is 0.534. The molecule has 0 N–H and O–H groups in total. The van der Waals surface area contributed by atoms with Gasteiger partial charge >= 0.3 is 0 Å². The van der Waals surface area contributed by atoms with Crippen molar-refractivity contribution in [2.45, 2.75) is 0 Å². The quantitative estimate of drug-likeness (QED) is 0.391. The number of fused-ring (bicyclic) bond motifs is 1. The Bertz CT molecular complexity index is 1070. The molecule has 122 valence electrons. The summed E-state index contributed by atoms with van der Waals surface area (Å²) < 4.78 is 5.78. The predicted molar refractivity (Wildman–Crippen MR) is 105 cm³/mol. The Morgan fingerprint density at radius 1 is 0.800 bits per heavy atom. The number of halogens is 2. The van der Waals surface area contributed by atoms with Gasteiger partial charge in [-0.1, -0.05) is 65.7 Å². The first-order valence-corrected chi connectivity index (χ1v) is 8.54. The third-order valence-electron chi connectivity index (χ3n) is 3.88. The summed E-state index contributed by atoms with van der Waals surface area (Å²) in [5.41, 5.74) is 4.69. The standard InChI is InChI=1S/C21H13Cl2NO/c22-17-9-6-15(18(23)13-17)8-11-21-24-19-12-16(7-10-20(19)25-21)14-4-2-1-3-5-14/h1-13H. The predicted octanol–water partition coefficient (Wildman–Crippen LogP) is 6.97. The minimum absolute atomic E-state index is 0.534. The number of benzene rings is 3. The van der Waals surface area contributed by atoms with Crippen molar-refractivity contribution in [2.75, 3.05) is 0 Å². The van der Waals surface area contributed by atoms with Gasteiger partial charge in [0, 0.05) is 16.1 Å². The molecule has 1 aromatic heterocycles. The highest BCUT2D eigenvalue weighted by Gasteiger charge is 2.06. The molecule has 0 radical (unpaired) electrons. The van der Waals surface area contributed by atoms with Crippen LogP contribution in [0.5, 0.6) is 0 Å². The maximum absolute atomic E-state index is 6.18. The SMILES string of the molecule is Clc1ccc(C=Cc2nc3cc(-c4ccccc4)ccc3o2)c(Cl)c1. The summed E-state index contributed by atoms with van der Waals surface area (Å²) in [7, 11) is 0. The van der Waals surface area contributed by atoms with Gasteiger partial charge in [-0.15, -0.1) is 0 Å². The van der Waals surface area contributed by atoms with Crippen molar-refractivity contribution >= 4 is 46.5 Å². The summed E-state index contributed by atoms with van der Waals surface area (Å²) in [4.78, 5) is 4.54. The first kappa shape index (κ1) is 15.9. The lowest BCUT2D eigenvalue weighted by atomic mass is 10.1. The van der Waals surface area contributed by atoms with E-state index in [4.69, 9.17) is 27.6 Å². The number of hydrogen-bond acceptors (Lipinski definition) is 2. The van der Waals surface area contributed by atoms with Gasteiger partial charge in [-0.05, 0) is 47.0 Å². The molecule has 0 saturated heterocycles. The zero-order valence-electron chi connectivity index (χ0n) is 13.1. The van der Waals surface area contributed by atoms with Crippen LogP contribution in [0.4, 0.5) is 0 Å². The van der Waals surface area contributed by atoms with Crippen LogP contribution < -0.4 is 0 Å². The fourth-order valence-electron chi connectivity index (χ4n) is 2.62. The molecule has 0 amide bonds. The zero-order chi connectivity index (χ0) is 17.2. The maximum atomic E-state index is 6.18. The molecule has 0 saturated carbocycles. The van der Waals surface area contributed by atoms with Gasteiger partial charge in [0.25, 0.3) is 0 Å². The molecule has 0 aliphatic heterocycles. The molecule has 25 heavy (non-hydrogen) atoms. The molecule has 2 nitrogen and oxygen atoms in total. The Hall–Kier alpha value is -2.55. The highest BCUT2D eigenvalue weighted by atomic mass is 35.5. The molecular formula is C21H13Cl2NO. The first-order valence-electron chi connectivity index (χ1n) is 7.78. The second kappa shape index (κ2) is 6.75. The topological polar surface area (TPSA) is 26.0 Å². The summed E-state index contributed by atoms with van der Waals surface area (Å²) in [6.07, 6.45) is 3.67. The summed E-state index contributed by atoms with van der Waals surface area (Å²) in [6.45, 7) is 0. The molecule has 0 fully saturated rings. The van der Waals surface area contributed by atoms with Crippen LogP contribution in [0.3, 0.4) is 0 Å². The molecule has 0 aliphatic rings. The average molecular weight is 366 g/mol. The van der Waals surface area contributed by atoms with E-state index >= 15 is 0 Å². The Kier molecular flexibility index (Phi) is 4.31. The van der Waals surface area contributed by atoms with Crippen molar-refractivity contribution in [1.82, 2.24) is 4.98 Å². The molecule has 0 spiro atoms. The van der Waals surface area contributed by atoms with E-state index < -0.39 is 0 Å². The first-order chi connectivity index (χ1) is 12.2. The molecule has 1 heterocycles. The fraction of sp³-hybridized carbons (Fsp3) is 0. The van der Waals surface area contributed by atoms with E-state index in [0.717, 1.165) is 27.8 Å². The monoisotopic (exact) mass is 365 g/mol. The van der Waals surface area contributed by atoms with Crippen LogP contribution in [0, 0.1) is 0 Å². The molecule has 0 atom stereocenters. The maximum Gasteiger partial charge on any atom is 0.220 e. The van der Waals surface area contributed by atoms with Crippen LogP contribution in [0.1, 0.15) is 11.5 Å². The van der Waals surface area contributed by atoms with Gasteiger partial charge < -0.3 is 4.42 Å². The summed E-state index contributed by atoms with van der Waals surface area (Å²) >= 11 is 12.1. The summed E-state index contributed by atoms with van der Waals surface area (Å²) in [6, 6.07) is 21.6. The molecule has 4 rings (SSSR count). The Labute approximate surface area is 155 Å². The molecule has 4 aromatic rings. The van der Waals surface area contributed by atoms with Crippen molar-refractivity contribution in [1.29, 1.82) is 0 Å². The van der Waals surface area contributed by atoms with Crippen LogP contribution in [-0.2, 0) is 0 Å². The molecule has 0 aliphatic carbocycles. The van der Waals surface area contributed by atoms with Gasteiger partial charge in [-0.25, -0.2) is 4.98 Å². The van der Waals surface area contributed by atoms with Crippen molar-refractivity contribution in [3.63, 3.8) is 0 Å². The molecule has 3 aromatic carbocycles. The Balaban J connectivity index is 1.66. The second-order valence-corrected chi connectivity index (χ2v) is 6.44. The Morgan fingerprint density at radius 3 is 2.44 bits per heavy atom. The van der Waals surface area contributed by atoms with Gasteiger partial charge in [0.05, 0.1) is 0 Å². The smallest absolute Gasteiger partial charge is 0.220 e. The Morgan fingerprint density at radius 2 is 1.64 bits per heavy atom. The van der Waals surface area contributed by atoms with Crippen LogP contribution in [0.25, 0.3) is 34.4 Å². The van der Waals surface area contributed by atoms with Crippen LogP contribution in [0.15, 0.2) is 71.1 Å². The largest absolute Gasteiger partial charge is 0.437 e. The average Bonchev–Trinajstić information content (AvgIpc) is 3.04.